The van der Waals surface area contributed by atoms with Crippen molar-refractivity contribution >= 4 is 11.8 Å². The minimum atomic E-state index is -0.0290. The van der Waals surface area contributed by atoms with Gasteiger partial charge < -0.3 is 14.8 Å². The molecule has 0 bridgehead atoms. The molecule has 0 amide bonds. The van der Waals surface area contributed by atoms with Crippen LogP contribution in [0.1, 0.15) is 33.1 Å². The Labute approximate surface area is 104 Å². The zero-order chi connectivity index (χ0) is 11.6. The molecular weight excluding hydrogens is 222 g/mol. The molecule has 0 aromatic carbocycles. The van der Waals surface area contributed by atoms with Crippen molar-refractivity contribution in [2.24, 2.45) is 0 Å². The first-order valence-corrected chi connectivity index (χ1v) is 7.47. The maximum absolute atomic E-state index is 5.49. The molecule has 16 heavy (non-hydrogen) atoms. The zero-order valence-electron chi connectivity index (χ0n) is 10.5. The molecule has 3 nitrogen and oxygen atoms in total. The van der Waals surface area contributed by atoms with Crippen molar-refractivity contribution in [1.82, 2.24) is 5.32 Å². The SMILES string of the molecule is CCOC(CCNCC1CCCS1)OCC. The maximum atomic E-state index is 5.49. The molecule has 1 saturated heterocycles. The van der Waals surface area contributed by atoms with Crippen LogP contribution in [0.3, 0.4) is 0 Å². The molecule has 0 aromatic heterocycles. The number of hydrogen-bond acceptors (Lipinski definition) is 4. The molecule has 1 rings (SSSR count). The average molecular weight is 247 g/mol. The van der Waals surface area contributed by atoms with Gasteiger partial charge in [0, 0.05) is 31.4 Å². The highest BCUT2D eigenvalue weighted by Crippen LogP contribution is 2.25. The standard InChI is InChI=1S/C12H25NO2S/c1-3-14-12(15-4-2)7-8-13-10-11-6-5-9-16-11/h11-13H,3-10H2,1-2H3. The van der Waals surface area contributed by atoms with Gasteiger partial charge in [-0.05, 0) is 39.0 Å². The van der Waals surface area contributed by atoms with Crippen LogP contribution in [0.15, 0.2) is 0 Å². The highest BCUT2D eigenvalue weighted by atomic mass is 32.2. The van der Waals surface area contributed by atoms with Crippen LogP contribution < -0.4 is 5.32 Å². The van der Waals surface area contributed by atoms with Crippen molar-refractivity contribution in [3.8, 4) is 0 Å². The number of hydrogen-bond donors (Lipinski definition) is 1. The summed E-state index contributed by atoms with van der Waals surface area (Å²) < 4.78 is 11.0. The third-order valence-electron chi connectivity index (χ3n) is 2.66. The summed E-state index contributed by atoms with van der Waals surface area (Å²) in [5, 5.41) is 4.32. The van der Waals surface area contributed by atoms with Gasteiger partial charge in [-0.1, -0.05) is 0 Å². The summed E-state index contributed by atoms with van der Waals surface area (Å²) in [5.74, 6) is 1.34. The number of ether oxygens (including phenoxy) is 2. The summed E-state index contributed by atoms with van der Waals surface area (Å²) in [6, 6.07) is 0. The van der Waals surface area contributed by atoms with Gasteiger partial charge in [0.1, 0.15) is 0 Å². The molecule has 96 valence electrons. The second-order valence-electron chi connectivity index (χ2n) is 3.97. The molecule has 1 aliphatic heterocycles. The third-order valence-corrected chi connectivity index (χ3v) is 4.06. The second-order valence-corrected chi connectivity index (χ2v) is 5.38. The normalized spacial score (nSPS) is 20.8. The summed E-state index contributed by atoms with van der Waals surface area (Å²) in [4.78, 5) is 0. The van der Waals surface area contributed by atoms with Gasteiger partial charge in [-0.2, -0.15) is 11.8 Å². The van der Waals surface area contributed by atoms with Gasteiger partial charge in [0.05, 0.1) is 0 Å². The number of rotatable bonds is 9. The zero-order valence-corrected chi connectivity index (χ0v) is 11.4. The van der Waals surface area contributed by atoms with Crippen molar-refractivity contribution in [3.05, 3.63) is 0 Å². The molecule has 0 aromatic rings. The lowest BCUT2D eigenvalue weighted by molar-refractivity contribution is -0.138. The van der Waals surface area contributed by atoms with Gasteiger partial charge in [0.2, 0.25) is 0 Å². The van der Waals surface area contributed by atoms with E-state index in [1.807, 2.05) is 13.8 Å². The third kappa shape index (κ3) is 6.09. The van der Waals surface area contributed by atoms with E-state index in [9.17, 15) is 0 Å². The Bertz CT molecular complexity index is 157. The summed E-state index contributed by atoms with van der Waals surface area (Å²) in [7, 11) is 0. The molecule has 1 fully saturated rings. The fourth-order valence-corrected chi connectivity index (χ4v) is 3.11. The fraction of sp³-hybridized carbons (Fsp3) is 1.00. The summed E-state index contributed by atoms with van der Waals surface area (Å²) in [6.45, 7) is 7.59. The summed E-state index contributed by atoms with van der Waals surface area (Å²) in [6.07, 6.45) is 3.67. The van der Waals surface area contributed by atoms with Crippen molar-refractivity contribution in [3.63, 3.8) is 0 Å². The van der Waals surface area contributed by atoms with E-state index >= 15 is 0 Å². The van der Waals surface area contributed by atoms with Gasteiger partial charge in [-0.15, -0.1) is 0 Å². The molecule has 1 atom stereocenters. The van der Waals surface area contributed by atoms with Gasteiger partial charge in [-0.25, -0.2) is 0 Å². The Balaban J connectivity index is 1.98. The minimum Gasteiger partial charge on any atom is -0.353 e. The maximum Gasteiger partial charge on any atom is 0.158 e. The lowest BCUT2D eigenvalue weighted by atomic mass is 10.2. The van der Waals surface area contributed by atoms with E-state index in [0.29, 0.717) is 0 Å². The van der Waals surface area contributed by atoms with E-state index < -0.39 is 0 Å². The highest BCUT2D eigenvalue weighted by molar-refractivity contribution is 8.00. The molecule has 0 spiro atoms. The first kappa shape index (κ1) is 14.3. The fourth-order valence-electron chi connectivity index (χ4n) is 1.87. The Morgan fingerprint density at radius 1 is 1.31 bits per heavy atom. The molecule has 1 unspecified atom stereocenters. The van der Waals surface area contributed by atoms with Gasteiger partial charge in [0.25, 0.3) is 0 Å². The highest BCUT2D eigenvalue weighted by Gasteiger charge is 2.15. The molecule has 1 N–H and O–H groups in total. The van der Waals surface area contributed by atoms with E-state index in [0.717, 1.165) is 38.0 Å². The van der Waals surface area contributed by atoms with Crippen LogP contribution in [0, 0.1) is 0 Å². The first-order chi connectivity index (χ1) is 7.86. The molecule has 4 heteroatoms. The predicted molar refractivity (Wildman–Crippen MR) is 70.0 cm³/mol. The summed E-state index contributed by atoms with van der Waals surface area (Å²) in [5.41, 5.74) is 0. The summed E-state index contributed by atoms with van der Waals surface area (Å²) >= 11 is 2.10. The van der Waals surface area contributed by atoms with E-state index in [2.05, 4.69) is 17.1 Å². The Hall–Kier alpha value is 0.230. The second kappa shape index (κ2) is 9.28. The van der Waals surface area contributed by atoms with Crippen LogP contribution in [-0.4, -0.2) is 43.6 Å². The molecular formula is C12H25NO2S. The van der Waals surface area contributed by atoms with E-state index in [4.69, 9.17) is 9.47 Å². The van der Waals surface area contributed by atoms with E-state index in [1.54, 1.807) is 0 Å². The lowest BCUT2D eigenvalue weighted by Crippen LogP contribution is -2.28. The van der Waals surface area contributed by atoms with Gasteiger partial charge in [0.15, 0.2) is 6.29 Å². The van der Waals surface area contributed by atoms with Crippen LogP contribution >= 0.6 is 11.8 Å². The molecule has 1 aliphatic rings. The topological polar surface area (TPSA) is 30.5 Å². The molecule has 1 heterocycles. The quantitative estimate of drug-likeness (QED) is 0.500. The Morgan fingerprint density at radius 3 is 2.62 bits per heavy atom. The van der Waals surface area contributed by atoms with Crippen molar-refractivity contribution in [2.45, 2.75) is 44.6 Å². The van der Waals surface area contributed by atoms with Crippen LogP contribution in [0.5, 0.6) is 0 Å². The van der Waals surface area contributed by atoms with Crippen LogP contribution in [-0.2, 0) is 9.47 Å². The van der Waals surface area contributed by atoms with Gasteiger partial charge in [-0.3, -0.25) is 0 Å². The van der Waals surface area contributed by atoms with Crippen molar-refractivity contribution in [1.29, 1.82) is 0 Å². The van der Waals surface area contributed by atoms with Crippen molar-refractivity contribution < 1.29 is 9.47 Å². The lowest BCUT2D eigenvalue weighted by Gasteiger charge is -2.17. The molecule has 0 aliphatic carbocycles. The van der Waals surface area contributed by atoms with Crippen LogP contribution in [0.4, 0.5) is 0 Å². The number of thioether (sulfide) groups is 1. The smallest absolute Gasteiger partial charge is 0.158 e. The van der Waals surface area contributed by atoms with Crippen LogP contribution in [0.2, 0.25) is 0 Å². The predicted octanol–water partition coefficient (Wildman–Crippen LogP) is 2.26. The van der Waals surface area contributed by atoms with Crippen molar-refractivity contribution in [2.75, 3.05) is 32.1 Å². The largest absolute Gasteiger partial charge is 0.353 e. The monoisotopic (exact) mass is 247 g/mol. The van der Waals surface area contributed by atoms with Crippen LogP contribution in [0.25, 0.3) is 0 Å². The Morgan fingerprint density at radius 2 is 2.06 bits per heavy atom. The minimum absolute atomic E-state index is 0.0290. The van der Waals surface area contributed by atoms with Gasteiger partial charge >= 0.3 is 0 Å². The van der Waals surface area contributed by atoms with E-state index in [1.165, 1.54) is 18.6 Å². The molecule has 0 radical (unpaired) electrons. The average Bonchev–Trinajstić information content (AvgIpc) is 2.78. The molecule has 0 saturated carbocycles. The number of nitrogens with one attached hydrogen (secondary N) is 1. The Kier molecular flexibility index (Phi) is 8.29. The van der Waals surface area contributed by atoms with E-state index in [-0.39, 0.29) is 6.29 Å². The first-order valence-electron chi connectivity index (χ1n) is 6.42.